The molecule has 10 nitrogen and oxygen atoms in total. The van der Waals surface area contributed by atoms with Crippen LogP contribution in [-0.2, 0) is 21.4 Å². The molecule has 2 rings (SSSR count). The largest absolute Gasteiger partial charge is 0.339 e. The maximum atomic E-state index is 11.7. The molecule has 0 spiro atoms. The second kappa shape index (κ2) is 12.2. The van der Waals surface area contributed by atoms with E-state index in [1.54, 1.807) is 5.48 Å². The van der Waals surface area contributed by atoms with Crippen molar-refractivity contribution in [3.05, 3.63) is 11.7 Å². The zero-order valence-electron chi connectivity index (χ0n) is 17.0. The van der Waals surface area contributed by atoms with Gasteiger partial charge in [-0.25, -0.2) is 18.6 Å². The number of carbonyl (C=O) groups excluding carboxylic acids is 1. The molecule has 1 aliphatic rings. The fourth-order valence-electron chi connectivity index (χ4n) is 3.74. The zero-order valence-corrected chi connectivity index (χ0v) is 17.8. The average molecular weight is 432 g/mol. The summed E-state index contributed by atoms with van der Waals surface area (Å²) in [5.41, 5.74) is 1.68. The van der Waals surface area contributed by atoms with Crippen LogP contribution in [0.2, 0.25) is 0 Å². The molecule has 1 aromatic heterocycles. The molecule has 0 radical (unpaired) electrons. The molecule has 0 unspecified atom stereocenters. The van der Waals surface area contributed by atoms with Gasteiger partial charge in [0.05, 0.1) is 12.8 Å². The van der Waals surface area contributed by atoms with E-state index in [1.165, 1.54) is 32.1 Å². The highest BCUT2D eigenvalue weighted by Crippen LogP contribution is 2.31. The normalized spacial score (nSPS) is 16.6. The molecular weight excluding hydrogens is 398 g/mol. The molecule has 0 aliphatic heterocycles. The Labute approximate surface area is 172 Å². The second-order valence-corrected chi connectivity index (χ2v) is 9.60. The van der Waals surface area contributed by atoms with Crippen LogP contribution in [0.25, 0.3) is 0 Å². The number of hydroxylamine groups is 1. The van der Waals surface area contributed by atoms with Crippen molar-refractivity contribution in [1.29, 1.82) is 0 Å². The first-order chi connectivity index (χ1) is 13.9. The lowest BCUT2D eigenvalue weighted by molar-refractivity contribution is -0.129. The van der Waals surface area contributed by atoms with Gasteiger partial charge in [0.2, 0.25) is 21.8 Å². The first-order valence-corrected chi connectivity index (χ1v) is 12.2. The molecule has 1 amide bonds. The predicted molar refractivity (Wildman–Crippen MR) is 107 cm³/mol. The van der Waals surface area contributed by atoms with Gasteiger partial charge >= 0.3 is 0 Å². The van der Waals surface area contributed by atoms with Crippen LogP contribution >= 0.6 is 0 Å². The summed E-state index contributed by atoms with van der Waals surface area (Å²) in [5.74, 6) is 0.889. The Hall–Kier alpha value is -1.56. The molecule has 0 bridgehead atoms. The fourth-order valence-corrected chi connectivity index (χ4v) is 4.21. The van der Waals surface area contributed by atoms with Crippen LogP contribution in [0.3, 0.4) is 0 Å². The number of nitrogens with zero attached hydrogens (tertiary/aromatic N) is 2. The lowest BCUT2D eigenvalue weighted by Crippen LogP contribution is -2.31. The minimum Gasteiger partial charge on any atom is -0.339 e. The van der Waals surface area contributed by atoms with Gasteiger partial charge in [-0.15, -0.1) is 0 Å². The third kappa shape index (κ3) is 9.66. The number of nitrogens with one attached hydrogen (secondary N) is 3. The topological polar surface area (TPSA) is 146 Å². The highest BCUT2D eigenvalue weighted by molar-refractivity contribution is 7.88. The lowest BCUT2D eigenvalue weighted by atomic mass is 9.84. The standard InChI is InChI=1S/C18H33N5O5S/c1-29(26,27)20-11-10-19-13-16-21-18(28-23-16)15(12-17(24)22-25)9-5-8-14-6-3-2-4-7-14/h14-15,19-20,25H,2-13H2,1H3,(H,22,24)/t15-/m1/s1. The van der Waals surface area contributed by atoms with Crippen LogP contribution in [0.15, 0.2) is 4.52 Å². The van der Waals surface area contributed by atoms with Gasteiger partial charge in [-0.3, -0.25) is 10.0 Å². The molecule has 1 atom stereocenters. The highest BCUT2D eigenvalue weighted by atomic mass is 32.2. The Kier molecular flexibility index (Phi) is 9.98. The van der Waals surface area contributed by atoms with E-state index in [0.717, 1.165) is 31.4 Å². The molecule has 0 aromatic carbocycles. The van der Waals surface area contributed by atoms with Gasteiger partial charge in [-0.05, 0) is 12.3 Å². The summed E-state index contributed by atoms with van der Waals surface area (Å²) < 4.78 is 29.8. The van der Waals surface area contributed by atoms with Crippen molar-refractivity contribution in [2.24, 2.45) is 5.92 Å². The van der Waals surface area contributed by atoms with Crippen molar-refractivity contribution in [2.45, 2.75) is 70.3 Å². The van der Waals surface area contributed by atoms with Crippen LogP contribution in [0.4, 0.5) is 0 Å². The molecule has 1 heterocycles. The number of sulfonamides is 1. The number of amides is 1. The van der Waals surface area contributed by atoms with E-state index >= 15 is 0 Å². The third-order valence-corrected chi connectivity index (χ3v) is 5.96. The van der Waals surface area contributed by atoms with E-state index in [4.69, 9.17) is 9.73 Å². The summed E-state index contributed by atoms with van der Waals surface area (Å²) in [6.45, 7) is 1.02. The van der Waals surface area contributed by atoms with Crippen LogP contribution < -0.4 is 15.5 Å². The molecule has 166 valence electrons. The Bertz CT molecular complexity index is 718. The molecule has 4 N–H and O–H groups in total. The number of carbonyl (C=O) groups is 1. The van der Waals surface area contributed by atoms with Crippen molar-refractivity contribution >= 4 is 15.9 Å². The van der Waals surface area contributed by atoms with Gasteiger partial charge in [-0.2, -0.15) is 4.98 Å². The monoisotopic (exact) mass is 431 g/mol. The summed E-state index contributed by atoms with van der Waals surface area (Å²) in [6.07, 6.45) is 10.6. The van der Waals surface area contributed by atoms with Gasteiger partial charge < -0.3 is 9.84 Å². The zero-order chi connectivity index (χ0) is 21.1. The first-order valence-electron chi connectivity index (χ1n) is 10.3. The SMILES string of the molecule is CS(=O)(=O)NCCNCc1noc([C@H](CCCC2CCCCC2)CC(=O)NO)n1. The van der Waals surface area contributed by atoms with Crippen molar-refractivity contribution in [1.82, 2.24) is 25.7 Å². The number of rotatable bonds is 13. The molecule has 11 heteroatoms. The minimum absolute atomic E-state index is 0.0918. The van der Waals surface area contributed by atoms with Gasteiger partial charge in [-0.1, -0.05) is 50.1 Å². The summed E-state index contributed by atoms with van der Waals surface area (Å²) in [6, 6.07) is 0. The second-order valence-electron chi connectivity index (χ2n) is 7.76. The van der Waals surface area contributed by atoms with Crippen molar-refractivity contribution in [2.75, 3.05) is 19.3 Å². The Morgan fingerprint density at radius 3 is 2.72 bits per heavy atom. The van der Waals surface area contributed by atoms with E-state index < -0.39 is 15.9 Å². The van der Waals surface area contributed by atoms with Crippen molar-refractivity contribution in [3.63, 3.8) is 0 Å². The van der Waals surface area contributed by atoms with Crippen molar-refractivity contribution < 1.29 is 22.9 Å². The average Bonchev–Trinajstić information content (AvgIpc) is 3.15. The number of hydrogen-bond donors (Lipinski definition) is 4. The predicted octanol–water partition coefficient (Wildman–Crippen LogP) is 1.44. The third-order valence-electron chi connectivity index (χ3n) is 5.23. The maximum absolute atomic E-state index is 11.7. The van der Waals surface area contributed by atoms with Crippen LogP contribution in [0, 0.1) is 5.92 Å². The molecule has 0 saturated heterocycles. The van der Waals surface area contributed by atoms with Gasteiger partial charge in [0.1, 0.15) is 0 Å². The van der Waals surface area contributed by atoms with E-state index in [-0.39, 0.29) is 18.9 Å². The van der Waals surface area contributed by atoms with Crippen LogP contribution in [-0.4, -0.2) is 49.0 Å². The Balaban J connectivity index is 1.81. The van der Waals surface area contributed by atoms with E-state index in [9.17, 15) is 13.2 Å². The molecule has 1 fully saturated rings. The Morgan fingerprint density at radius 1 is 1.28 bits per heavy atom. The van der Waals surface area contributed by atoms with Crippen LogP contribution in [0.5, 0.6) is 0 Å². The summed E-state index contributed by atoms with van der Waals surface area (Å²) >= 11 is 0. The summed E-state index contributed by atoms with van der Waals surface area (Å²) in [4.78, 5) is 16.0. The maximum Gasteiger partial charge on any atom is 0.244 e. The van der Waals surface area contributed by atoms with Crippen molar-refractivity contribution in [3.8, 4) is 0 Å². The molecule has 1 aliphatic carbocycles. The minimum atomic E-state index is -3.21. The highest BCUT2D eigenvalue weighted by Gasteiger charge is 2.23. The number of aromatic nitrogens is 2. The first kappa shape index (κ1) is 23.7. The molecule has 1 aromatic rings. The van der Waals surface area contributed by atoms with E-state index in [1.807, 2.05) is 0 Å². The molecular formula is C18H33N5O5S. The van der Waals surface area contributed by atoms with Gasteiger partial charge in [0.15, 0.2) is 5.82 Å². The molecule has 29 heavy (non-hydrogen) atoms. The smallest absolute Gasteiger partial charge is 0.244 e. The quantitative estimate of drug-likeness (QED) is 0.208. The van der Waals surface area contributed by atoms with Gasteiger partial charge in [0.25, 0.3) is 0 Å². The summed E-state index contributed by atoms with van der Waals surface area (Å²) in [7, 11) is -3.21. The fraction of sp³-hybridized carbons (Fsp3) is 0.833. The van der Waals surface area contributed by atoms with E-state index in [0.29, 0.717) is 24.8 Å². The summed E-state index contributed by atoms with van der Waals surface area (Å²) in [5, 5.41) is 15.8. The Morgan fingerprint density at radius 2 is 2.03 bits per heavy atom. The molecule has 1 saturated carbocycles. The van der Waals surface area contributed by atoms with E-state index in [2.05, 4.69) is 20.2 Å². The van der Waals surface area contributed by atoms with Crippen LogP contribution in [0.1, 0.15) is 75.4 Å². The lowest BCUT2D eigenvalue weighted by Gasteiger charge is -2.22. The van der Waals surface area contributed by atoms with Gasteiger partial charge in [0, 0.05) is 25.4 Å². The number of hydrogen-bond acceptors (Lipinski definition) is 8.